The van der Waals surface area contributed by atoms with Crippen LogP contribution >= 0.6 is 0 Å². The smallest absolute Gasteiger partial charge is 0.261 e. The first-order valence-electron chi connectivity index (χ1n) is 34.4. The van der Waals surface area contributed by atoms with E-state index >= 15 is 0 Å². The van der Waals surface area contributed by atoms with Gasteiger partial charge in [-0.15, -0.1) is 0 Å². The molecule has 2 aromatic carbocycles. The highest BCUT2D eigenvalue weighted by Gasteiger charge is 2.37. The third-order valence-corrected chi connectivity index (χ3v) is 17.5. The number of aromatic hydroxyl groups is 1. The molecule has 0 saturated carbocycles. The molecule has 0 bridgehead atoms. The van der Waals surface area contributed by atoms with Crippen molar-refractivity contribution in [2.75, 3.05) is 44.2 Å². The van der Waals surface area contributed by atoms with E-state index in [1.54, 1.807) is 36.9 Å². The number of nitrogens with two attached hydrogens (primary N) is 4. The van der Waals surface area contributed by atoms with Gasteiger partial charge in [-0.2, -0.15) is 0 Å². The first-order chi connectivity index (χ1) is 47.4. The number of nitrogens with zero attached hydrogens (tertiary/aromatic N) is 5. The maximum atomic E-state index is 14.9. The number of benzene rings is 2. The molecule has 0 unspecified atom stereocenters. The number of phenols is 1. The van der Waals surface area contributed by atoms with Crippen LogP contribution in [-0.4, -0.2) is 188 Å². The molecule has 1 aliphatic heterocycles. The van der Waals surface area contributed by atoms with E-state index in [1.165, 1.54) is 43.1 Å². The number of rotatable bonds is 40. The van der Waals surface area contributed by atoms with Gasteiger partial charge in [0.05, 0.1) is 41.7 Å². The minimum Gasteiger partial charge on any atom is -0.508 e. The van der Waals surface area contributed by atoms with Crippen LogP contribution in [0.4, 0.5) is 5.69 Å². The minimum atomic E-state index is -1.59. The number of carbonyl (C=O) groups is 10. The van der Waals surface area contributed by atoms with Gasteiger partial charge in [-0.05, 0) is 118 Å². The molecule has 1 saturated heterocycles. The molecule has 10 atom stereocenters. The van der Waals surface area contributed by atoms with Crippen LogP contribution in [0.25, 0.3) is 10.9 Å². The van der Waals surface area contributed by atoms with E-state index in [4.69, 9.17) is 28.3 Å². The number of primary amides is 1. The zero-order valence-corrected chi connectivity index (χ0v) is 59.0. The summed E-state index contributed by atoms with van der Waals surface area (Å²) in [7, 11) is 0. The lowest BCUT2D eigenvalue weighted by molar-refractivity contribution is -0.137. The number of aromatic nitrogens is 4. The Morgan fingerprint density at radius 2 is 1.19 bits per heavy atom. The fourth-order valence-corrected chi connectivity index (χ4v) is 11.2. The molecule has 5 rings (SSSR count). The highest BCUT2D eigenvalue weighted by atomic mass is 16.3. The molecule has 20 N–H and O–H groups in total. The number of carbonyl (C=O) groups excluding carboxylic acids is 10. The van der Waals surface area contributed by atoms with E-state index in [2.05, 4.69) is 62.8 Å². The van der Waals surface area contributed by atoms with Crippen molar-refractivity contribution in [1.29, 1.82) is 5.41 Å². The Balaban J connectivity index is 1.37. The van der Waals surface area contributed by atoms with Crippen molar-refractivity contribution >= 4 is 81.6 Å². The molecule has 1 fully saturated rings. The van der Waals surface area contributed by atoms with E-state index < -0.39 is 114 Å². The number of unbranched alkanes of at least 4 members (excludes halogenated alkanes) is 1. The zero-order chi connectivity index (χ0) is 73.9. The van der Waals surface area contributed by atoms with Gasteiger partial charge in [0.15, 0.2) is 5.96 Å². The number of hydrogen-bond acceptors (Lipinski definition) is 18. The van der Waals surface area contributed by atoms with Gasteiger partial charge in [0.2, 0.25) is 59.1 Å². The Labute approximate surface area is 583 Å². The molecule has 3 heterocycles. The van der Waals surface area contributed by atoms with E-state index in [0.717, 1.165) is 4.57 Å². The average Bonchev–Trinajstić information content (AvgIpc) is 0.946. The van der Waals surface area contributed by atoms with Crippen LogP contribution in [-0.2, 0) is 67.3 Å². The second-order valence-corrected chi connectivity index (χ2v) is 27.0. The van der Waals surface area contributed by atoms with Gasteiger partial charge >= 0.3 is 0 Å². The number of nitrogens with one attached hydrogen (secondary N) is 11. The number of fused-ring (bicyclic) bond motifs is 1. The maximum Gasteiger partial charge on any atom is 0.261 e. The summed E-state index contributed by atoms with van der Waals surface area (Å²) >= 11 is 0. The standard InChI is InChI=1S/C68H106N20O12/c1-10-41(8)58(71)65(98)80-50(14-11-12-22-69)67(100)87-26-24-86(25-27-87)45-18-21-48-47(32-45)66(99)88(37-77-48)35-57(91)79-49(15-13-23-75-68(72)73)59(92)84-54(31-44-34-74-36-76-44)63(96)83-53(30-43-16-19-46(89)20-17-43)62(95)82-52(29-39(4)5)61(94)85-55(33-56(70)90)64(97)81-51(28-38(2)3)60(93)78-42(9)40(6)7/h16-21,32,34,36-42,49-55,58,89H,10-15,22-31,33,35,69,71H2,1-9H3,(H2,70,90)(H,74,76)(H,78,93)(H,79,91)(H,80,98)(H,81,97)(H,82,95)(H,83,96)(H,84,92)(H,85,94)(H4,72,73,75)/t41-,42+,49-,50-,51-,52-,53-,54-,55-,58-/m0/s1. The van der Waals surface area contributed by atoms with Crippen molar-refractivity contribution in [3.8, 4) is 5.75 Å². The van der Waals surface area contributed by atoms with E-state index in [0.29, 0.717) is 80.9 Å². The summed E-state index contributed by atoms with van der Waals surface area (Å²) in [6.07, 6.45) is 5.51. The van der Waals surface area contributed by atoms with E-state index in [-0.39, 0.29) is 104 Å². The number of guanidine groups is 1. The Kier molecular flexibility index (Phi) is 32.2. The molecule has 10 amide bonds. The lowest BCUT2D eigenvalue weighted by atomic mass is 9.98. The minimum absolute atomic E-state index is 0.0186. The van der Waals surface area contributed by atoms with Crippen LogP contribution in [0.2, 0.25) is 0 Å². The second-order valence-electron chi connectivity index (χ2n) is 27.0. The molecule has 4 aromatic rings. The van der Waals surface area contributed by atoms with Crippen molar-refractivity contribution < 1.29 is 53.1 Å². The number of anilines is 1. The number of imidazole rings is 1. The van der Waals surface area contributed by atoms with Crippen LogP contribution in [0.15, 0.2) is 66.1 Å². The molecule has 32 nitrogen and oxygen atoms in total. The molecule has 32 heteroatoms. The molecule has 0 spiro atoms. The largest absolute Gasteiger partial charge is 0.508 e. The second kappa shape index (κ2) is 39.8. The predicted molar refractivity (Wildman–Crippen MR) is 377 cm³/mol. The van der Waals surface area contributed by atoms with Crippen molar-refractivity contribution in [2.45, 2.75) is 194 Å². The highest BCUT2D eigenvalue weighted by Crippen LogP contribution is 2.22. The highest BCUT2D eigenvalue weighted by molar-refractivity contribution is 5.98. The Morgan fingerprint density at radius 1 is 0.640 bits per heavy atom. The SMILES string of the molecule is CC[C@H](C)[C@H](N)C(=O)N[C@@H](CCCCN)C(=O)N1CCN(c2ccc3ncn(CC(=O)N[C@@H](CCCNC(=N)N)C(=O)N[C@@H](Cc4c[nH]cn4)C(=O)N[C@@H](Cc4ccc(O)cc4)C(=O)N[C@@H](CC(C)C)C(=O)N[C@@H](CC(N)=O)C(=O)N[C@@H](CC(C)C)C(=O)N[C@H](C)C(C)C)c(=O)c3c2)CC1. The molecule has 0 aliphatic carbocycles. The van der Waals surface area contributed by atoms with Crippen molar-refractivity contribution in [2.24, 2.45) is 46.6 Å². The predicted octanol–water partition coefficient (Wildman–Crippen LogP) is -0.753. The zero-order valence-electron chi connectivity index (χ0n) is 59.0. The number of H-pyrrole nitrogens is 1. The molecular weight excluding hydrogens is 1290 g/mol. The normalized spacial score (nSPS) is 15.4. The van der Waals surface area contributed by atoms with Gasteiger partial charge in [0.1, 0.15) is 54.6 Å². The van der Waals surface area contributed by atoms with Gasteiger partial charge in [-0.1, -0.05) is 73.9 Å². The van der Waals surface area contributed by atoms with Gasteiger partial charge in [-0.3, -0.25) is 62.7 Å². The first-order valence-corrected chi connectivity index (χ1v) is 34.4. The van der Waals surface area contributed by atoms with Gasteiger partial charge in [0, 0.05) is 63.5 Å². The van der Waals surface area contributed by atoms with Gasteiger partial charge in [0.25, 0.3) is 5.56 Å². The number of hydrogen-bond donors (Lipinski definition) is 16. The summed E-state index contributed by atoms with van der Waals surface area (Å²) in [4.78, 5) is 169. The topological polar surface area (TPSA) is 497 Å². The van der Waals surface area contributed by atoms with Gasteiger partial charge in [-0.25, -0.2) is 9.97 Å². The third-order valence-electron chi connectivity index (χ3n) is 17.5. The molecule has 2 aromatic heterocycles. The number of phenolic OH excluding ortho intramolecular Hbond substituents is 1. The fourth-order valence-electron chi connectivity index (χ4n) is 11.2. The quantitative estimate of drug-likeness (QED) is 0.0148. The summed E-state index contributed by atoms with van der Waals surface area (Å²) in [5.41, 5.74) is 24.3. The summed E-state index contributed by atoms with van der Waals surface area (Å²) in [6.45, 7) is 18.1. The monoisotopic (exact) mass is 1390 g/mol. The van der Waals surface area contributed by atoms with Crippen LogP contribution in [0, 0.1) is 29.1 Å². The molecule has 1 aliphatic rings. The summed E-state index contributed by atoms with van der Waals surface area (Å²) < 4.78 is 1.08. The van der Waals surface area contributed by atoms with Crippen LogP contribution < -0.4 is 81.2 Å². The third kappa shape index (κ3) is 25.9. The summed E-state index contributed by atoms with van der Waals surface area (Å²) in [5, 5.41) is 42.5. The first kappa shape index (κ1) is 81.0. The molecular formula is C68H106N20O12. The van der Waals surface area contributed by atoms with Gasteiger partial charge < -0.3 is 90.7 Å². The Hall–Kier alpha value is -9.72. The number of aromatic amines is 1. The van der Waals surface area contributed by atoms with Crippen LogP contribution in [0.5, 0.6) is 5.75 Å². The van der Waals surface area contributed by atoms with Crippen molar-refractivity contribution in [1.82, 2.24) is 72.3 Å². The number of amides is 10. The molecule has 550 valence electrons. The Bertz CT molecular complexity index is 3470. The Morgan fingerprint density at radius 3 is 1.75 bits per heavy atom. The molecule has 0 radical (unpaired) electrons. The van der Waals surface area contributed by atoms with Crippen LogP contribution in [0.1, 0.15) is 131 Å². The average molecular weight is 1400 g/mol. The lowest BCUT2D eigenvalue weighted by Crippen LogP contribution is -2.61. The fraction of sp³-hybridized carbons (Fsp3) is 0.588. The lowest BCUT2D eigenvalue weighted by Gasteiger charge is -2.38. The maximum absolute atomic E-state index is 14.9. The summed E-state index contributed by atoms with van der Waals surface area (Å²) in [5.74, 6) is -8.09. The van der Waals surface area contributed by atoms with Crippen molar-refractivity contribution in [3.05, 3.63) is 82.9 Å². The van der Waals surface area contributed by atoms with E-state index in [1.807, 2.05) is 53.4 Å². The number of piperazine rings is 1. The van der Waals surface area contributed by atoms with E-state index in [9.17, 15) is 57.8 Å². The molecule has 100 heavy (non-hydrogen) atoms. The summed E-state index contributed by atoms with van der Waals surface area (Å²) in [6, 6.07) is 0.611. The van der Waals surface area contributed by atoms with Crippen molar-refractivity contribution in [3.63, 3.8) is 0 Å². The van der Waals surface area contributed by atoms with Crippen LogP contribution in [0.3, 0.4) is 0 Å².